The standard InChI is InChI=1S/C33H39BrN14O2/c1-33(2,46-17-21(13-40-46)23-15-42-48-29(36)27(34)28(44-31(23)48)19-5-4-8-37-10-19)50-32(49)24-7-6-18(11-38-24)25-9-26(35)47-30(43-25)22(14-41-47)20-12-39-45(3)16-20/h9,12-19,24,37-38H,4-8,10-11,35-36H2,1-3H3. The number of hydrogen-bond donors (Lipinski definition) is 4. The first-order chi connectivity index (χ1) is 24.1. The summed E-state index contributed by atoms with van der Waals surface area (Å²) >= 11 is 3.66. The lowest BCUT2D eigenvalue weighted by molar-refractivity contribution is -0.171. The molecule has 50 heavy (non-hydrogen) atoms. The number of rotatable bonds is 7. The number of anilines is 2. The van der Waals surface area contributed by atoms with Crippen molar-refractivity contribution in [2.45, 2.75) is 63.1 Å². The van der Waals surface area contributed by atoms with Crippen molar-refractivity contribution in [3.63, 3.8) is 0 Å². The van der Waals surface area contributed by atoms with E-state index < -0.39 is 11.8 Å². The third kappa shape index (κ3) is 5.68. The Morgan fingerprint density at radius 1 is 0.920 bits per heavy atom. The van der Waals surface area contributed by atoms with Gasteiger partial charge in [-0.05, 0) is 62.0 Å². The van der Waals surface area contributed by atoms with Crippen LogP contribution >= 0.6 is 15.9 Å². The fraction of sp³-hybridized carbons (Fsp3) is 0.424. The molecule has 0 bridgehead atoms. The number of ether oxygens (including phenoxy) is 1. The molecule has 17 heteroatoms. The molecule has 6 aromatic rings. The van der Waals surface area contributed by atoms with E-state index in [1.165, 1.54) is 0 Å². The van der Waals surface area contributed by atoms with E-state index in [0.29, 0.717) is 35.9 Å². The van der Waals surface area contributed by atoms with E-state index in [2.05, 4.69) is 47.0 Å². The molecule has 0 spiro atoms. The van der Waals surface area contributed by atoms with Crippen LogP contribution in [0, 0.1) is 0 Å². The SMILES string of the molecule is Cn1cc(-c2cnn3c(N)cc(C4CCC(C(=O)OC(C)(C)n5cc(-c6cnn7c(N)c(Br)c(C8CCCNC8)nc67)cn5)NC4)nc23)cn1. The van der Waals surface area contributed by atoms with Crippen molar-refractivity contribution in [3.05, 3.63) is 59.1 Å². The molecule has 8 rings (SSSR count). The largest absolute Gasteiger partial charge is 0.436 e. The number of carbonyl (C=O) groups is 1. The molecular weight excluding hydrogens is 704 g/mol. The molecule has 6 N–H and O–H groups in total. The highest BCUT2D eigenvalue weighted by Gasteiger charge is 2.34. The minimum absolute atomic E-state index is 0.0636. The van der Waals surface area contributed by atoms with Gasteiger partial charge in [-0.3, -0.25) is 9.48 Å². The van der Waals surface area contributed by atoms with E-state index in [-0.39, 0.29) is 17.8 Å². The molecule has 2 saturated heterocycles. The number of esters is 1. The van der Waals surface area contributed by atoms with Gasteiger partial charge in [0.05, 0.1) is 40.6 Å². The lowest BCUT2D eigenvalue weighted by Crippen LogP contribution is -2.47. The average molecular weight is 744 g/mol. The lowest BCUT2D eigenvalue weighted by Gasteiger charge is -2.32. The third-order valence-corrected chi connectivity index (χ3v) is 10.6. The van der Waals surface area contributed by atoms with E-state index >= 15 is 0 Å². The summed E-state index contributed by atoms with van der Waals surface area (Å²) in [5, 5.41) is 24.7. The number of fused-ring (bicyclic) bond motifs is 2. The van der Waals surface area contributed by atoms with Crippen LogP contribution in [-0.2, 0) is 22.3 Å². The monoisotopic (exact) mass is 742 g/mol. The molecule has 0 aromatic carbocycles. The molecule has 260 valence electrons. The normalized spacial score (nSPS) is 20.1. The maximum absolute atomic E-state index is 13.5. The van der Waals surface area contributed by atoms with Crippen molar-refractivity contribution in [3.8, 4) is 22.3 Å². The summed E-state index contributed by atoms with van der Waals surface area (Å²) in [6.07, 6.45) is 14.2. The van der Waals surface area contributed by atoms with Crippen LogP contribution in [-0.4, -0.2) is 80.4 Å². The predicted octanol–water partition coefficient (Wildman–Crippen LogP) is 3.20. The summed E-state index contributed by atoms with van der Waals surface area (Å²) in [6, 6.07) is 1.39. The molecule has 3 atom stereocenters. The second kappa shape index (κ2) is 12.5. The Morgan fingerprint density at radius 2 is 1.66 bits per heavy atom. The first-order valence-corrected chi connectivity index (χ1v) is 17.5. The molecule has 16 nitrogen and oxygen atoms in total. The molecular formula is C33H39BrN14O2. The topological polar surface area (TPSA) is 198 Å². The number of nitrogens with zero attached hydrogens (tertiary/aromatic N) is 10. The van der Waals surface area contributed by atoms with Gasteiger partial charge in [0.2, 0.25) is 0 Å². The van der Waals surface area contributed by atoms with Gasteiger partial charge in [-0.25, -0.2) is 14.6 Å². The van der Waals surface area contributed by atoms with Gasteiger partial charge in [0.15, 0.2) is 17.0 Å². The van der Waals surface area contributed by atoms with E-state index in [4.69, 9.17) is 26.2 Å². The zero-order chi connectivity index (χ0) is 34.7. The Bertz CT molecular complexity index is 2220. The fourth-order valence-corrected chi connectivity index (χ4v) is 7.56. The first-order valence-electron chi connectivity index (χ1n) is 16.8. The third-order valence-electron chi connectivity index (χ3n) is 9.78. The van der Waals surface area contributed by atoms with Crippen molar-refractivity contribution in [1.82, 2.24) is 59.4 Å². The second-order valence-electron chi connectivity index (χ2n) is 13.6. The molecule has 0 radical (unpaired) electrons. The zero-order valence-electron chi connectivity index (χ0n) is 28.0. The van der Waals surface area contributed by atoms with Gasteiger partial charge in [0.25, 0.3) is 0 Å². The molecule has 8 heterocycles. The average Bonchev–Trinajstić information content (AvgIpc) is 3.93. The lowest BCUT2D eigenvalue weighted by atomic mass is 9.91. The van der Waals surface area contributed by atoms with Crippen LogP contribution in [0.2, 0.25) is 0 Å². The van der Waals surface area contributed by atoms with Crippen molar-refractivity contribution in [2.24, 2.45) is 7.05 Å². The first kappa shape index (κ1) is 32.3. The van der Waals surface area contributed by atoms with Crippen LogP contribution < -0.4 is 22.1 Å². The van der Waals surface area contributed by atoms with Crippen molar-refractivity contribution < 1.29 is 9.53 Å². The predicted molar refractivity (Wildman–Crippen MR) is 190 cm³/mol. The fourth-order valence-electron chi connectivity index (χ4n) is 6.98. The highest BCUT2D eigenvalue weighted by molar-refractivity contribution is 9.10. The Labute approximate surface area is 295 Å². The Hall–Kier alpha value is -4.87. The van der Waals surface area contributed by atoms with Gasteiger partial charge in [0.1, 0.15) is 17.7 Å². The maximum atomic E-state index is 13.5. The number of nitrogens with one attached hydrogen (secondary N) is 2. The van der Waals surface area contributed by atoms with E-state index in [1.807, 2.05) is 39.4 Å². The number of nitrogen functional groups attached to an aromatic ring is 2. The number of hydrogen-bond acceptors (Lipinski definition) is 12. The number of carbonyl (C=O) groups excluding carboxylic acids is 1. The highest BCUT2D eigenvalue weighted by Crippen LogP contribution is 2.36. The van der Waals surface area contributed by atoms with Gasteiger partial charge in [-0.15, -0.1) is 0 Å². The smallest absolute Gasteiger partial charge is 0.325 e. The van der Waals surface area contributed by atoms with Crippen molar-refractivity contribution in [2.75, 3.05) is 31.1 Å². The van der Waals surface area contributed by atoms with Crippen LogP contribution in [0.1, 0.15) is 62.8 Å². The van der Waals surface area contributed by atoms with Crippen LogP contribution in [0.3, 0.4) is 0 Å². The molecule has 0 aliphatic carbocycles. The minimum atomic E-state index is -1.06. The summed E-state index contributed by atoms with van der Waals surface area (Å²) in [7, 11) is 1.87. The molecule has 2 aliphatic rings. The summed E-state index contributed by atoms with van der Waals surface area (Å²) in [4.78, 5) is 23.4. The molecule has 2 fully saturated rings. The van der Waals surface area contributed by atoms with Gasteiger partial charge < -0.3 is 26.8 Å². The summed E-state index contributed by atoms with van der Waals surface area (Å²) in [5.41, 5.74) is 18.3. The van der Waals surface area contributed by atoms with Crippen molar-refractivity contribution >= 4 is 44.8 Å². The van der Waals surface area contributed by atoms with Gasteiger partial charge in [0, 0.05) is 72.7 Å². The Balaban J connectivity index is 0.957. The molecule has 0 saturated carbocycles. The van der Waals surface area contributed by atoms with Gasteiger partial charge >= 0.3 is 5.97 Å². The van der Waals surface area contributed by atoms with Crippen LogP contribution in [0.15, 0.2) is 47.7 Å². The molecule has 3 unspecified atom stereocenters. The summed E-state index contributed by atoms with van der Waals surface area (Å²) in [6.45, 7) is 6.03. The minimum Gasteiger partial charge on any atom is -0.436 e. The number of piperidine rings is 2. The number of nitrogens with two attached hydrogens (primary N) is 2. The summed E-state index contributed by atoms with van der Waals surface area (Å²) < 4.78 is 13.5. The summed E-state index contributed by atoms with van der Waals surface area (Å²) in [5.74, 6) is 0.970. The van der Waals surface area contributed by atoms with E-state index in [1.54, 1.807) is 43.2 Å². The van der Waals surface area contributed by atoms with Crippen LogP contribution in [0.25, 0.3) is 33.5 Å². The second-order valence-corrected chi connectivity index (χ2v) is 14.4. The maximum Gasteiger partial charge on any atom is 0.325 e. The van der Waals surface area contributed by atoms with Crippen molar-refractivity contribution in [1.29, 1.82) is 0 Å². The number of aromatic nitrogens is 10. The highest BCUT2D eigenvalue weighted by atomic mass is 79.9. The number of halogens is 1. The van der Waals surface area contributed by atoms with Gasteiger partial charge in [-0.2, -0.15) is 29.4 Å². The van der Waals surface area contributed by atoms with Crippen LogP contribution in [0.4, 0.5) is 11.6 Å². The Morgan fingerprint density at radius 3 is 2.36 bits per heavy atom. The van der Waals surface area contributed by atoms with E-state index in [0.717, 1.165) is 70.5 Å². The van der Waals surface area contributed by atoms with E-state index in [9.17, 15) is 4.79 Å². The number of aryl methyl sites for hydroxylation is 1. The Kier molecular flexibility index (Phi) is 8.07. The molecule has 2 aliphatic heterocycles. The zero-order valence-corrected chi connectivity index (χ0v) is 29.6. The van der Waals surface area contributed by atoms with Gasteiger partial charge in [-0.1, -0.05) is 0 Å². The quantitative estimate of drug-likeness (QED) is 0.175. The molecule has 6 aromatic heterocycles. The van der Waals surface area contributed by atoms with Crippen LogP contribution in [0.5, 0.6) is 0 Å². The molecule has 0 amide bonds.